The lowest BCUT2D eigenvalue weighted by atomic mass is 10.1. The molecule has 72 valence electrons. The van der Waals surface area contributed by atoms with Gasteiger partial charge in [0.2, 0.25) is 0 Å². The molecule has 1 heterocycles. The third-order valence-corrected chi connectivity index (χ3v) is 1.80. The van der Waals surface area contributed by atoms with E-state index in [9.17, 15) is 4.79 Å². The predicted molar refractivity (Wildman–Crippen MR) is 53.4 cm³/mol. The van der Waals surface area contributed by atoms with Crippen molar-refractivity contribution in [2.75, 3.05) is 13.7 Å². The number of halogens is 1. The summed E-state index contributed by atoms with van der Waals surface area (Å²) in [6, 6.07) is 1.64. The van der Waals surface area contributed by atoms with Crippen LogP contribution in [0, 0.1) is 11.8 Å². The molecule has 4 heteroatoms. The molecule has 0 saturated heterocycles. The summed E-state index contributed by atoms with van der Waals surface area (Å²) in [5, 5.41) is 0.171. The molecular weight excluding hydrogens is 202 g/mol. The van der Waals surface area contributed by atoms with E-state index in [2.05, 4.69) is 16.8 Å². The van der Waals surface area contributed by atoms with E-state index < -0.39 is 0 Å². The van der Waals surface area contributed by atoms with Gasteiger partial charge in [0.05, 0.1) is 5.56 Å². The molecule has 0 unspecified atom stereocenters. The van der Waals surface area contributed by atoms with Crippen molar-refractivity contribution in [1.29, 1.82) is 0 Å². The van der Waals surface area contributed by atoms with Gasteiger partial charge in [-0.2, -0.15) is 0 Å². The zero-order valence-corrected chi connectivity index (χ0v) is 8.34. The van der Waals surface area contributed by atoms with Gasteiger partial charge < -0.3 is 4.74 Å². The topological polar surface area (TPSA) is 39.2 Å². The Kier molecular flexibility index (Phi) is 4.11. The fraction of sp³-hybridized carbons (Fsp3) is 0.200. The number of hydrogen-bond donors (Lipinski definition) is 0. The molecule has 0 radical (unpaired) electrons. The summed E-state index contributed by atoms with van der Waals surface area (Å²) >= 11 is 5.70. The first-order chi connectivity index (χ1) is 6.79. The van der Waals surface area contributed by atoms with E-state index in [1.54, 1.807) is 13.2 Å². The van der Waals surface area contributed by atoms with Gasteiger partial charge in [0.15, 0.2) is 6.29 Å². The molecule has 0 bridgehead atoms. The largest absolute Gasteiger partial charge is 0.372 e. The molecule has 0 spiro atoms. The highest BCUT2D eigenvalue weighted by atomic mass is 35.5. The predicted octanol–water partition coefficient (Wildman–Crippen LogP) is 1.55. The summed E-state index contributed by atoms with van der Waals surface area (Å²) in [5.41, 5.74) is 0.884. The highest BCUT2D eigenvalue weighted by Crippen LogP contribution is 2.13. The Labute approximate surface area is 87.1 Å². The van der Waals surface area contributed by atoms with E-state index in [0.717, 1.165) is 0 Å². The van der Waals surface area contributed by atoms with Crippen LogP contribution in [0.15, 0.2) is 12.3 Å². The van der Waals surface area contributed by atoms with Gasteiger partial charge in [0.25, 0.3) is 0 Å². The van der Waals surface area contributed by atoms with Crippen molar-refractivity contribution in [2.45, 2.75) is 0 Å². The minimum absolute atomic E-state index is 0.171. The Morgan fingerprint density at radius 2 is 2.50 bits per heavy atom. The first-order valence-corrected chi connectivity index (χ1v) is 4.25. The Morgan fingerprint density at radius 3 is 3.14 bits per heavy atom. The van der Waals surface area contributed by atoms with Gasteiger partial charge in [-0.25, -0.2) is 4.98 Å². The molecule has 0 saturated carbocycles. The van der Waals surface area contributed by atoms with Crippen LogP contribution in [0.5, 0.6) is 0 Å². The zero-order chi connectivity index (χ0) is 10.4. The monoisotopic (exact) mass is 209 g/mol. The number of carbonyl (C=O) groups is 1. The van der Waals surface area contributed by atoms with Crippen molar-refractivity contribution < 1.29 is 9.53 Å². The van der Waals surface area contributed by atoms with Crippen LogP contribution >= 0.6 is 11.6 Å². The number of aldehydes is 1. The second kappa shape index (κ2) is 5.38. The molecule has 1 aromatic heterocycles. The molecule has 0 fully saturated rings. The Morgan fingerprint density at radius 1 is 1.71 bits per heavy atom. The van der Waals surface area contributed by atoms with Crippen LogP contribution < -0.4 is 0 Å². The second-order valence-electron chi connectivity index (χ2n) is 2.42. The summed E-state index contributed by atoms with van der Waals surface area (Å²) in [4.78, 5) is 14.4. The summed E-state index contributed by atoms with van der Waals surface area (Å²) in [5.74, 6) is 5.51. The van der Waals surface area contributed by atoms with E-state index in [0.29, 0.717) is 24.0 Å². The van der Waals surface area contributed by atoms with E-state index in [-0.39, 0.29) is 5.15 Å². The number of methoxy groups -OCH3 is 1. The molecule has 0 aliphatic rings. The number of carbonyl (C=O) groups excluding carboxylic acids is 1. The molecule has 0 N–H and O–H groups in total. The van der Waals surface area contributed by atoms with Gasteiger partial charge in [-0.1, -0.05) is 23.4 Å². The molecule has 3 nitrogen and oxygen atoms in total. The van der Waals surface area contributed by atoms with Crippen LogP contribution in [0.25, 0.3) is 0 Å². The van der Waals surface area contributed by atoms with Crippen LogP contribution in [0.1, 0.15) is 15.9 Å². The van der Waals surface area contributed by atoms with Crippen molar-refractivity contribution in [2.24, 2.45) is 0 Å². The smallest absolute Gasteiger partial charge is 0.154 e. The Balaban J connectivity index is 3.04. The number of nitrogens with zero attached hydrogens (tertiary/aromatic N) is 1. The normalized spacial score (nSPS) is 9.00. The molecule has 0 aliphatic carbocycles. The number of ether oxygens (including phenoxy) is 1. The van der Waals surface area contributed by atoms with Crippen LogP contribution in [0.3, 0.4) is 0 Å². The van der Waals surface area contributed by atoms with Gasteiger partial charge in [0.1, 0.15) is 11.8 Å². The average molecular weight is 210 g/mol. The van der Waals surface area contributed by atoms with Crippen molar-refractivity contribution in [3.8, 4) is 11.8 Å². The quantitative estimate of drug-likeness (QED) is 0.422. The molecule has 0 aliphatic heterocycles. The van der Waals surface area contributed by atoms with Crippen LogP contribution in [-0.2, 0) is 4.74 Å². The third-order valence-electron chi connectivity index (χ3n) is 1.50. The van der Waals surface area contributed by atoms with E-state index in [1.165, 1.54) is 6.20 Å². The molecule has 1 rings (SSSR count). The molecule has 0 amide bonds. The molecule has 14 heavy (non-hydrogen) atoms. The molecule has 1 aromatic rings. The molecule has 0 atom stereocenters. The summed E-state index contributed by atoms with van der Waals surface area (Å²) in [6.07, 6.45) is 2.15. The first kappa shape index (κ1) is 10.7. The maximum absolute atomic E-state index is 10.7. The minimum Gasteiger partial charge on any atom is -0.372 e. The van der Waals surface area contributed by atoms with Gasteiger partial charge in [-0.15, -0.1) is 0 Å². The fourth-order valence-electron chi connectivity index (χ4n) is 0.872. The fourth-order valence-corrected chi connectivity index (χ4v) is 1.07. The number of pyridine rings is 1. The number of rotatable bonds is 2. The maximum Gasteiger partial charge on any atom is 0.154 e. The summed E-state index contributed by atoms with van der Waals surface area (Å²) in [7, 11) is 1.55. The lowest BCUT2D eigenvalue weighted by molar-refractivity contribution is 0.112. The van der Waals surface area contributed by atoms with Gasteiger partial charge in [-0.3, -0.25) is 4.79 Å². The standard InChI is InChI=1S/C10H8ClNO2/c1-14-6-2-3-8-4-5-12-10(11)9(8)7-13/h4-5,7H,6H2,1H3. The highest BCUT2D eigenvalue weighted by Gasteiger charge is 2.03. The van der Waals surface area contributed by atoms with Crippen LogP contribution in [-0.4, -0.2) is 25.0 Å². The number of hydrogen-bond acceptors (Lipinski definition) is 3. The van der Waals surface area contributed by atoms with Crippen molar-refractivity contribution in [3.63, 3.8) is 0 Å². The molecular formula is C10H8ClNO2. The van der Waals surface area contributed by atoms with E-state index >= 15 is 0 Å². The SMILES string of the molecule is COCC#Cc1ccnc(Cl)c1C=O. The van der Waals surface area contributed by atoms with Crippen molar-refractivity contribution >= 4 is 17.9 Å². The van der Waals surface area contributed by atoms with Gasteiger partial charge in [-0.05, 0) is 6.07 Å². The Bertz CT molecular complexity index is 393. The van der Waals surface area contributed by atoms with E-state index in [4.69, 9.17) is 16.3 Å². The first-order valence-electron chi connectivity index (χ1n) is 3.87. The lowest BCUT2D eigenvalue weighted by Crippen LogP contribution is -1.92. The lowest BCUT2D eigenvalue weighted by Gasteiger charge is -1.97. The van der Waals surface area contributed by atoms with E-state index in [1.807, 2.05) is 0 Å². The highest BCUT2D eigenvalue weighted by molar-refractivity contribution is 6.31. The van der Waals surface area contributed by atoms with Gasteiger partial charge in [0, 0.05) is 18.9 Å². The maximum atomic E-state index is 10.7. The number of aromatic nitrogens is 1. The summed E-state index contributed by atoms with van der Waals surface area (Å²) < 4.78 is 4.76. The minimum atomic E-state index is 0.171. The van der Waals surface area contributed by atoms with Gasteiger partial charge >= 0.3 is 0 Å². The molecule has 0 aromatic carbocycles. The second-order valence-corrected chi connectivity index (χ2v) is 2.77. The third kappa shape index (κ3) is 2.56. The summed E-state index contributed by atoms with van der Waals surface area (Å²) in [6.45, 7) is 0.318. The van der Waals surface area contributed by atoms with Crippen molar-refractivity contribution in [3.05, 3.63) is 28.5 Å². The zero-order valence-electron chi connectivity index (χ0n) is 7.58. The van der Waals surface area contributed by atoms with Crippen LogP contribution in [0.4, 0.5) is 0 Å². The van der Waals surface area contributed by atoms with Crippen molar-refractivity contribution in [1.82, 2.24) is 4.98 Å². The average Bonchev–Trinajstić information content (AvgIpc) is 2.18. The Hall–Kier alpha value is -1.37. The van der Waals surface area contributed by atoms with Crippen LogP contribution in [0.2, 0.25) is 5.15 Å².